The molecule has 0 spiro atoms. The number of amides is 1. The lowest BCUT2D eigenvalue weighted by Gasteiger charge is -2.32. The van der Waals surface area contributed by atoms with Gasteiger partial charge < -0.3 is 10.0 Å². The molecule has 3 atom stereocenters. The highest BCUT2D eigenvalue weighted by Gasteiger charge is 2.47. The first-order valence-corrected chi connectivity index (χ1v) is 7.03. The Hall–Kier alpha value is -1.92. The van der Waals surface area contributed by atoms with Gasteiger partial charge in [0.15, 0.2) is 0 Å². The number of hydrogen-bond acceptors (Lipinski definition) is 4. The van der Waals surface area contributed by atoms with Crippen LogP contribution in [0.2, 0.25) is 0 Å². The van der Waals surface area contributed by atoms with Crippen molar-refractivity contribution in [1.82, 2.24) is 19.7 Å². The van der Waals surface area contributed by atoms with Crippen LogP contribution in [0.5, 0.6) is 0 Å². The SMILES string of the molecule is O=C(O)C1CC2CCCCC2N1C(=O)Cn1cncn1. The molecule has 20 heavy (non-hydrogen) atoms. The Morgan fingerprint density at radius 1 is 1.30 bits per heavy atom. The predicted molar refractivity (Wildman–Crippen MR) is 68.7 cm³/mol. The highest BCUT2D eigenvalue weighted by molar-refractivity contribution is 5.84. The molecule has 0 radical (unpaired) electrons. The van der Waals surface area contributed by atoms with Crippen LogP contribution in [0.15, 0.2) is 12.7 Å². The van der Waals surface area contributed by atoms with Gasteiger partial charge in [-0.15, -0.1) is 0 Å². The number of nitrogens with zero attached hydrogens (tertiary/aromatic N) is 4. The average Bonchev–Trinajstić information content (AvgIpc) is 3.04. The molecule has 1 aliphatic heterocycles. The minimum Gasteiger partial charge on any atom is -0.480 e. The van der Waals surface area contributed by atoms with Crippen LogP contribution in [-0.4, -0.2) is 48.7 Å². The molecular formula is C13H18N4O3. The molecule has 2 aliphatic rings. The Morgan fingerprint density at radius 3 is 2.80 bits per heavy atom. The van der Waals surface area contributed by atoms with Crippen LogP contribution >= 0.6 is 0 Å². The molecule has 1 amide bonds. The second kappa shape index (κ2) is 5.22. The molecule has 1 N–H and O–H groups in total. The summed E-state index contributed by atoms with van der Waals surface area (Å²) < 4.78 is 1.44. The van der Waals surface area contributed by atoms with Gasteiger partial charge in [0.1, 0.15) is 25.2 Å². The summed E-state index contributed by atoms with van der Waals surface area (Å²) in [6.07, 6.45) is 7.58. The minimum atomic E-state index is -0.897. The maximum Gasteiger partial charge on any atom is 0.326 e. The van der Waals surface area contributed by atoms with Gasteiger partial charge >= 0.3 is 5.97 Å². The zero-order chi connectivity index (χ0) is 14.1. The normalized spacial score (nSPS) is 29.2. The molecule has 108 valence electrons. The van der Waals surface area contributed by atoms with Gasteiger partial charge in [-0.3, -0.25) is 4.79 Å². The molecule has 3 unspecified atom stereocenters. The number of carbonyl (C=O) groups is 2. The van der Waals surface area contributed by atoms with E-state index in [1.807, 2.05) is 0 Å². The molecule has 0 aromatic carbocycles. The summed E-state index contributed by atoms with van der Waals surface area (Å²) in [4.78, 5) is 29.3. The molecule has 2 fully saturated rings. The monoisotopic (exact) mass is 278 g/mol. The van der Waals surface area contributed by atoms with Gasteiger partial charge in [0.05, 0.1) is 0 Å². The van der Waals surface area contributed by atoms with Crippen LogP contribution in [-0.2, 0) is 16.1 Å². The van der Waals surface area contributed by atoms with Crippen LogP contribution in [0.4, 0.5) is 0 Å². The summed E-state index contributed by atoms with van der Waals surface area (Å²) in [5.41, 5.74) is 0. The lowest BCUT2D eigenvalue weighted by molar-refractivity contribution is -0.150. The molecular weight excluding hydrogens is 260 g/mol. The number of fused-ring (bicyclic) bond motifs is 1. The Labute approximate surface area is 116 Å². The largest absolute Gasteiger partial charge is 0.480 e. The van der Waals surface area contributed by atoms with Crippen molar-refractivity contribution < 1.29 is 14.7 Å². The van der Waals surface area contributed by atoms with E-state index in [1.54, 1.807) is 4.90 Å². The van der Waals surface area contributed by atoms with E-state index in [-0.39, 0.29) is 18.5 Å². The second-order valence-electron chi connectivity index (χ2n) is 5.60. The van der Waals surface area contributed by atoms with Crippen molar-refractivity contribution in [2.75, 3.05) is 0 Å². The number of likely N-dealkylation sites (tertiary alicyclic amines) is 1. The molecule has 1 aromatic heterocycles. The minimum absolute atomic E-state index is 0.0625. The second-order valence-corrected chi connectivity index (χ2v) is 5.60. The van der Waals surface area contributed by atoms with Crippen LogP contribution < -0.4 is 0 Å². The van der Waals surface area contributed by atoms with Gasteiger partial charge in [-0.05, 0) is 25.2 Å². The van der Waals surface area contributed by atoms with E-state index in [4.69, 9.17) is 0 Å². The molecule has 3 rings (SSSR count). The van der Waals surface area contributed by atoms with Crippen LogP contribution in [0.1, 0.15) is 32.1 Å². The van der Waals surface area contributed by atoms with E-state index in [0.29, 0.717) is 12.3 Å². The molecule has 2 heterocycles. The van der Waals surface area contributed by atoms with Crippen molar-refractivity contribution in [3.8, 4) is 0 Å². The third-order valence-electron chi connectivity index (χ3n) is 4.42. The van der Waals surface area contributed by atoms with Crippen molar-refractivity contribution in [3.63, 3.8) is 0 Å². The van der Waals surface area contributed by atoms with Crippen molar-refractivity contribution in [3.05, 3.63) is 12.7 Å². The highest BCUT2D eigenvalue weighted by Crippen LogP contribution is 2.39. The van der Waals surface area contributed by atoms with Gasteiger partial charge in [0.25, 0.3) is 0 Å². The molecule has 1 saturated heterocycles. The van der Waals surface area contributed by atoms with Crippen LogP contribution in [0.3, 0.4) is 0 Å². The number of rotatable bonds is 3. The zero-order valence-corrected chi connectivity index (χ0v) is 11.2. The van der Waals surface area contributed by atoms with E-state index < -0.39 is 12.0 Å². The summed E-state index contributed by atoms with van der Waals surface area (Å²) >= 11 is 0. The molecule has 0 bridgehead atoms. The molecule has 1 aliphatic carbocycles. The number of hydrogen-bond donors (Lipinski definition) is 1. The zero-order valence-electron chi connectivity index (χ0n) is 11.2. The van der Waals surface area contributed by atoms with E-state index in [1.165, 1.54) is 17.3 Å². The molecule has 1 saturated carbocycles. The average molecular weight is 278 g/mol. The summed E-state index contributed by atoms with van der Waals surface area (Å²) in [5, 5.41) is 13.3. The molecule has 7 nitrogen and oxygen atoms in total. The van der Waals surface area contributed by atoms with Crippen molar-refractivity contribution in [2.45, 2.75) is 50.7 Å². The smallest absolute Gasteiger partial charge is 0.326 e. The summed E-state index contributed by atoms with van der Waals surface area (Å²) in [6.45, 7) is 0.0625. The van der Waals surface area contributed by atoms with Crippen LogP contribution in [0, 0.1) is 5.92 Å². The van der Waals surface area contributed by atoms with E-state index in [0.717, 1.165) is 25.7 Å². The number of carboxylic acids is 1. The van der Waals surface area contributed by atoms with Gasteiger partial charge in [-0.2, -0.15) is 5.10 Å². The van der Waals surface area contributed by atoms with Gasteiger partial charge in [-0.25, -0.2) is 14.5 Å². The highest BCUT2D eigenvalue weighted by atomic mass is 16.4. The Bertz CT molecular complexity index is 502. The summed E-state index contributed by atoms with van der Waals surface area (Å²) in [7, 11) is 0. The maximum atomic E-state index is 12.5. The Balaban J connectivity index is 1.79. The molecule has 1 aromatic rings. The van der Waals surface area contributed by atoms with Crippen molar-refractivity contribution in [2.24, 2.45) is 5.92 Å². The Kier molecular flexibility index (Phi) is 3.42. The number of carboxylic acid groups (broad SMARTS) is 1. The number of aromatic nitrogens is 3. The lowest BCUT2D eigenvalue weighted by atomic mass is 9.85. The van der Waals surface area contributed by atoms with Crippen LogP contribution in [0.25, 0.3) is 0 Å². The summed E-state index contributed by atoms with van der Waals surface area (Å²) in [6, 6.07) is -0.597. The van der Waals surface area contributed by atoms with Crippen molar-refractivity contribution >= 4 is 11.9 Å². The fourth-order valence-corrected chi connectivity index (χ4v) is 3.57. The van der Waals surface area contributed by atoms with E-state index in [2.05, 4.69) is 10.1 Å². The van der Waals surface area contributed by atoms with Gasteiger partial charge in [-0.1, -0.05) is 12.8 Å². The first-order chi connectivity index (χ1) is 9.66. The topological polar surface area (TPSA) is 88.3 Å². The van der Waals surface area contributed by atoms with Gasteiger partial charge in [0, 0.05) is 6.04 Å². The van der Waals surface area contributed by atoms with Crippen molar-refractivity contribution in [1.29, 1.82) is 0 Å². The third-order valence-corrected chi connectivity index (χ3v) is 4.42. The fraction of sp³-hybridized carbons (Fsp3) is 0.692. The summed E-state index contributed by atoms with van der Waals surface area (Å²) in [5.74, 6) is -0.729. The van der Waals surface area contributed by atoms with Gasteiger partial charge in [0.2, 0.25) is 5.91 Å². The molecule has 7 heteroatoms. The third kappa shape index (κ3) is 2.28. The fourth-order valence-electron chi connectivity index (χ4n) is 3.57. The predicted octanol–water partition coefficient (Wildman–Crippen LogP) is 0.522. The quantitative estimate of drug-likeness (QED) is 0.871. The Morgan fingerprint density at radius 2 is 2.10 bits per heavy atom. The number of carbonyl (C=O) groups excluding carboxylic acids is 1. The maximum absolute atomic E-state index is 12.5. The first kappa shape index (κ1) is 13.1. The van der Waals surface area contributed by atoms with E-state index >= 15 is 0 Å². The van der Waals surface area contributed by atoms with E-state index in [9.17, 15) is 14.7 Å². The first-order valence-electron chi connectivity index (χ1n) is 7.03. The lowest BCUT2D eigenvalue weighted by Crippen LogP contribution is -2.47. The number of aliphatic carboxylic acids is 1. The standard InChI is InChI=1S/C13H18N4O3/c18-12(6-16-8-14-7-15-16)17-10-4-2-1-3-9(10)5-11(17)13(19)20/h7-11H,1-6H2,(H,19,20).